The van der Waals surface area contributed by atoms with E-state index in [1.54, 1.807) is 0 Å². The zero-order chi connectivity index (χ0) is 33.1. The van der Waals surface area contributed by atoms with Gasteiger partial charge < -0.3 is 50.0 Å². The Kier molecular flexibility index (Phi) is 10.8. The van der Waals surface area contributed by atoms with Crippen LogP contribution < -0.4 is 0 Å². The molecule has 10 nitrogen and oxygen atoms in total. The van der Waals surface area contributed by atoms with Crippen LogP contribution in [0.5, 0.6) is 0 Å². The lowest BCUT2D eigenvalue weighted by Gasteiger charge is -2.65. The summed E-state index contributed by atoms with van der Waals surface area (Å²) in [5.41, 5.74) is -2.09. The minimum Gasteiger partial charge on any atom is -0.393 e. The smallest absolute Gasteiger partial charge is 0.186 e. The first-order chi connectivity index (χ1) is 21.1. The highest BCUT2D eigenvalue weighted by atomic mass is 16.7. The van der Waals surface area contributed by atoms with E-state index in [2.05, 4.69) is 34.6 Å². The first kappa shape index (κ1) is 35.9. The third-order valence-electron chi connectivity index (χ3n) is 13.9. The molecule has 0 aromatic carbocycles. The lowest BCUT2D eigenvalue weighted by molar-refractivity contribution is -0.274. The van der Waals surface area contributed by atoms with Crippen molar-refractivity contribution in [2.45, 2.75) is 147 Å². The Balaban J connectivity index is 1.24. The summed E-state index contributed by atoms with van der Waals surface area (Å²) in [7, 11) is 1.47. The minimum atomic E-state index is -1.28. The zero-order valence-corrected chi connectivity index (χ0v) is 28.3. The number of ether oxygens (including phenoxy) is 3. The highest BCUT2D eigenvalue weighted by molar-refractivity contribution is 5.21. The topological polar surface area (TPSA) is 169 Å². The Morgan fingerprint density at radius 1 is 0.844 bits per heavy atom. The maximum atomic E-state index is 12.6. The quantitative estimate of drug-likeness (QED) is 0.188. The van der Waals surface area contributed by atoms with Crippen molar-refractivity contribution in [3.8, 4) is 0 Å². The lowest BCUT2D eigenvalue weighted by atomic mass is 9.42. The van der Waals surface area contributed by atoms with Gasteiger partial charge in [-0.1, -0.05) is 41.0 Å². The number of methoxy groups -OCH3 is 1. The zero-order valence-electron chi connectivity index (χ0n) is 28.3. The Bertz CT molecular complexity index is 997. The summed E-state index contributed by atoms with van der Waals surface area (Å²) < 4.78 is 16.6. The molecule has 1 saturated heterocycles. The fourth-order valence-corrected chi connectivity index (χ4v) is 11.4. The van der Waals surface area contributed by atoms with Gasteiger partial charge in [-0.25, -0.2) is 0 Å². The summed E-state index contributed by atoms with van der Waals surface area (Å²) in [6.07, 6.45) is -0.745. The molecule has 5 rings (SSSR count). The van der Waals surface area contributed by atoms with Crippen molar-refractivity contribution in [3.63, 3.8) is 0 Å². The van der Waals surface area contributed by atoms with Crippen LogP contribution in [0.25, 0.3) is 0 Å². The monoisotopic (exact) mass is 642 g/mol. The SMILES string of the molecule is CO[C@@H]1CO[C@@H](OCC[C@@H](CC[C@@H](C)[C@H]2[C@@H](O)[C@@H](O)[C@@H]3[C@]2(C)CC[C@@H]2[C@@]4(C)CC[C@H](O)C[C@@H]4[C@@H](O)C[C@]23O)C(C)C)[C@H](O)[C@H]1O. The number of hydrogen-bond acceptors (Lipinski definition) is 10. The summed E-state index contributed by atoms with van der Waals surface area (Å²) in [6.45, 7) is 11.4. The average molecular weight is 643 g/mol. The highest BCUT2D eigenvalue weighted by Crippen LogP contribution is 2.69. The van der Waals surface area contributed by atoms with Gasteiger partial charge in [-0.2, -0.15) is 0 Å². The van der Waals surface area contributed by atoms with E-state index in [9.17, 15) is 35.7 Å². The molecule has 17 atom stereocenters. The first-order valence-electron chi connectivity index (χ1n) is 17.7. The van der Waals surface area contributed by atoms with Gasteiger partial charge in [0.2, 0.25) is 0 Å². The summed E-state index contributed by atoms with van der Waals surface area (Å²) in [5.74, 6) is -0.101. The lowest BCUT2D eigenvalue weighted by Crippen LogP contribution is -2.68. The van der Waals surface area contributed by atoms with Gasteiger partial charge in [0.05, 0.1) is 43.2 Å². The standard InChI is InChI=1S/C35H62O10/c1-18(2)20(11-14-44-32-30(41)27(38)24(43-6)17-45-32)8-7-19(3)26-28(39)29(40)31-34(26,5)13-10-25-33(4)12-9-21(36)15-22(33)23(37)16-35(25,31)42/h18-32,36-42H,7-17H2,1-6H3/t19-,20-,21+,22-,23+,24-,25-,26+,27+,28-,29-,30-,31-,32-,33+,34-,35+/m1/s1. The average Bonchev–Trinajstić information content (AvgIpc) is 3.18. The molecule has 45 heavy (non-hydrogen) atoms. The van der Waals surface area contributed by atoms with Gasteiger partial charge in [0.25, 0.3) is 0 Å². The predicted molar refractivity (Wildman–Crippen MR) is 167 cm³/mol. The van der Waals surface area contributed by atoms with Crippen LogP contribution >= 0.6 is 0 Å². The van der Waals surface area contributed by atoms with E-state index in [0.717, 1.165) is 38.5 Å². The fourth-order valence-electron chi connectivity index (χ4n) is 11.4. The number of aliphatic hydroxyl groups excluding tert-OH is 6. The molecule has 1 aliphatic heterocycles. The number of hydrogen-bond donors (Lipinski definition) is 7. The Hall–Kier alpha value is -0.400. The molecule has 4 aliphatic carbocycles. The van der Waals surface area contributed by atoms with Gasteiger partial charge in [-0.3, -0.25) is 0 Å². The van der Waals surface area contributed by atoms with Gasteiger partial charge in [0.15, 0.2) is 6.29 Å². The Morgan fingerprint density at radius 2 is 1.53 bits per heavy atom. The Labute approximate surface area is 269 Å². The maximum Gasteiger partial charge on any atom is 0.186 e. The molecule has 0 radical (unpaired) electrons. The van der Waals surface area contributed by atoms with Crippen LogP contribution in [-0.2, 0) is 14.2 Å². The van der Waals surface area contributed by atoms with E-state index in [1.165, 1.54) is 7.11 Å². The third kappa shape index (κ3) is 6.17. The second kappa shape index (κ2) is 13.5. The van der Waals surface area contributed by atoms with Gasteiger partial charge in [-0.05, 0) is 91.3 Å². The molecule has 1 heterocycles. The number of rotatable bonds is 10. The van der Waals surface area contributed by atoms with Crippen molar-refractivity contribution < 1.29 is 50.0 Å². The predicted octanol–water partition coefficient (Wildman–Crippen LogP) is 2.22. The number of aliphatic hydroxyl groups is 7. The highest BCUT2D eigenvalue weighted by Gasteiger charge is 2.72. The van der Waals surface area contributed by atoms with Crippen LogP contribution in [0.3, 0.4) is 0 Å². The van der Waals surface area contributed by atoms with E-state index in [-0.39, 0.29) is 42.1 Å². The molecule has 10 heteroatoms. The molecule has 262 valence electrons. The summed E-state index contributed by atoms with van der Waals surface area (Å²) in [4.78, 5) is 0. The molecule has 0 aromatic rings. The van der Waals surface area contributed by atoms with E-state index in [4.69, 9.17) is 14.2 Å². The van der Waals surface area contributed by atoms with Crippen molar-refractivity contribution in [3.05, 3.63) is 0 Å². The van der Waals surface area contributed by atoms with E-state index in [0.29, 0.717) is 31.3 Å². The van der Waals surface area contributed by atoms with Crippen LogP contribution in [-0.4, -0.2) is 111 Å². The molecule has 0 bridgehead atoms. The molecule has 7 N–H and O–H groups in total. The molecule has 0 aromatic heterocycles. The van der Waals surface area contributed by atoms with Crippen LogP contribution in [0.2, 0.25) is 0 Å². The molecule has 5 aliphatic rings. The van der Waals surface area contributed by atoms with Crippen molar-refractivity contribution in [2.75, 3.05) is 20.3 Å². The Morgan fingerprint density at radius 3 is 2.20 bits per heavy atom. The van der Waals surface area contributed by atoms with Gasteiger partial charge in [-0.15, -0.1) is 0 Å². The van der Waals surface area contributed by atoms with Gasteiger partial charge >= 0.3 is 0 Å². The fraction of sp³-hybridized carbons (Fsp3) is 1.00. The maximum absolute atomic E-state index is 12.6. The summed E-state index contributed by atoms with van der Waals surface area (Å²) in [6, 6.07) is 0. The molecular weight excluding hydrogens is 580 g/mol. The van der Waals surface area contributed by atoms with E-state index >= 15 is 0 Å². The first-order valence-corrected chi connectivity index (χ1v) is 17.7. The van der Waals surface area contributed by atoms with Crippen molar-refractivity contribution in [2.24, 2.45) is 52.3 Å². The molecule has 0 unspecified atom stereocenters. The molecule has 5 fully saturated rings. The van der Waals surface area contributed by atoms with Gasteiger partial charge in [0, 0.05) is 19.4 Å². The summed E-state index contributed by atoms with van der Waals surface area (Å²) in [5, 5.41) is 78.2. The van der Waals surface area contributed by atoms with Crippen molar-refractivity contribution in [1.29, 1.82) is 0 Å². The van der Waals surface area contributed by atoms with Crippen LogP contribution in [0, 0.1) is 52.3 Å². The molecular formula is C35H62O10. The second-order valence-electron chi connectivity index (χ2n) is 16.6. The van der Waals surface area contributed by atoms with Gasteiger partial charge in [0.1, 0.15) is 18.3 Å². The molecule has 0 spiro atoms. The van der Waals surface area contributed by atoms with Crippen LogP contribution in [0.15, 0.2) is 0 Å². The normalized spacial score (nSPS) is 51.3. The molecule has 4 saturated carbocycles. The van der Waals surface area contributed by atoms with Crippen molar-refractivity contribution in [1.82, 2.24) is 0 Å². The minimum absolute atomic E-state index is 0.0775. The summed E-state index contributed by atoms with van der Waals surface area (Å²) >= 11 is 0. The molecule has 0 amide bonds. The third-order valence-corrected chi connectivity index (χ3v) is 13.9. The number of fused-ring (bicyclic) bond motifs is 5. The van der Waals surface area contributed by atoms with Crippen LogP contribution in [0.4, 0.5) is 0 Å². The largest absolute Gasteiger partial charge is 0.393 e. The van der Waals surface area contributed by atoms with E-state index in [1.807, 2.05) is 0 Å². The van der Waals surface area contributed by atoms with Crippen LogP contribution in [0.1, 0.15) is 92.4 Å². The van der Waals surface area contributed by atoms with Crippen molar-refractivity contribution >= 4 is 0 Å². The second-order valence-corrected chi connectivity index (χ2v) is 16.6. The van der Waals surface area contributed by atoms with E-state index < -0.39 is 66.0 Å².